The van der Waals surface area contributed by atoms with Gasteiger partial charge in [-0.25, -0.2) is 4.98 Å². The van der Waals surface area contributed by atoms with Crippen LogP contribution in [-0.4, -0.2) is 22.0 Å². The van der Waals surface area contributed by atoms with Crippen LogP contribution in [0.4, 0.5) is 0 Å². The SMILES string of the molecule is CC(C)(NC(=O)[C@@H]1C[C@@H]1C(=O)O)c1nccs1. The van der Waals surface area contributed by atoms with Crippen LogP contribution in [0.1, 0.15) is 25.3 Å². The van der Waals surface area contributed by atoms with Crippen LogP contribution < -0.4 is 5.32 Å². The highest BCUT2D eigenvalue weighted by Crippen LogP contribution is 2.39. The zero-order chi connectivity index (χ0) is 12.6. The van der Waals surface area contributed by atoms with Crippen molar-refractivity contribution >= 4 is 23.2 Å². The van der Waals surface area contributed by atoms with Crippen LogP contribution in [0.2, 0.25) is 0 Å². The lowest BCUT2D eigenvalue weighted by Crippen LogP contribution is -2.42. The summed E-state index contributed by atoms with van der Waals surface area (Å²) in [5, 5.41) is 14.3. The van der Waals surface area contributed by atoms with Crippen molar-refractivity contribution in [2.75, 3.05) is 0 Å². The molecule has 1 saturated carbocycles. The van der Waals surface area contributed by atoms with E-state index in [1.165, 1.54) is 11.3 Å². The number of nitrogens with one attached hydrogen (secondary N) is 1. The first-order chi connectivity index (χ1) is 7.92. The summed E-state index contributed by atoms with van der Waals surface area (Å²) >= 11 is 1.47. The molecule has 2 N–H and O–H groups in total. The molecule has 1 aliphatic carbocycles. The van der Waals surface area contributed by atoms with Crippen molar-refractivity contribution in [1.82, 2.24) is 10.3 Å². The van der Waals surface area contributed by atoms with Gasteiger partial charge >= 0.3 is 5.97 Å². The van der Waals surface area contributed by atoms with Gasteiger partial charge in [-0.3, -0.25) is 9.59 Å². The Balaban J connectivity index is 1.98. The van der Waals surface area contributed by atoms with Gasteiger partial charge in [0.25, 0.3) is 0 Å². The zero-order valence-electron chi connectivity index (χ0n) is 9.64. The van der Waals surface area contributed by atoms with Crippen molar-refractivity contribution in [2.45, 2.75) is 25.8 Å². The Bertz CT molecular complexity index is 442. The maximum absolute atomic E-state index is 11.8. The zero-order valence-corrected chi connectivity index (χ0v) is 10.5. The lowest BCUT2D eigenvalue weighted by atomic mass is 10.1. The maximum atomic E-state index is 11.8. The first-order valence-corrected chi connectivity index (χ1v) is 6.24. The molecule has 6 heteroatoms. The van der Waals surface area contributed by atoms with Crippen molar-refractivity contribution in [3.8, 4) is 0 Å². The Hall–Kier alpha value is -1.43. The highest BCUT2D eigenvalue weighted by atomic mass is 32.1. The van der Waals surface area contributed by atoms with E-state index in [9.17, 15) is 9.59 Å². The van der Waals surface area contributed by atoms with Crippen LogP contribution in [0.3, 0.4) is 0 Å². The number of rotatable bonds is 4. The minimum atomic E-state index is -0.891. The van der Waals surface area contributed by atoms with Gasteiger partial charge in [-0.05, 0) is 20.3 Å². The summed E-state index contributed by atoms with van der Waals surface area (Å²) < 4.78 is 0. The first-order valence-electron chi connectivity index (χ1n) is 5.36. The third kappa shape index (κ3) is 2.46. The monoisotopic (exact) mass is 254 g/mol. The Labute approximate surface area is 103 Å². The third-order valence-corrected chi connectivity index (χ3v) is 3.94. The molecule has 0 saturated heterocycles. The summed E-state index contributed by atoms with van der Waals surface area (Å²) in [5.41, 5.74) is -0.545. The smallest absolute Gasteiger partial charge is 0.307 e. The molecule has 1 fully saturated rings. The van der Waals surface area contributed by atoms with Gasteiger partial charge < -0.3 is 10.4 Å². The van der Waals surface area contributed by atoms with Crippen molar-refractivity contribution in [1.29, 1.82) is 0 Å². The van der Waals surface area contributed by atoms with E-state index in [0.717, 1.165) is 5.01 Å². The predicted octanol–water partition coefficient (Wildman–Crippen LogP) is 1.22. The number of nitrogens with zero attached hydrogens (tertiary/aromatic N) is 1. The van der Waals surface area contributed by atoms with E-state index in [-0.39, 0.29) is 11.8 Å². The molecule has 0 bridgehead atoms. The van der Waals surface area contributed by atoms with Crippen molar-refractivity contribution in [3.63, 3.8) is 0 Å². The second-order valence-corrected chi connectivity index (χ2v) is 5.63. The lowest BCUT2D eigenvalue weighted by Gasteiger charge is -2.23. The minimum absolute atomic E-state index is 0.197. The van der Waals surface area contributed by atoms with Crippen LogP contribution in [0.25, 0.3) is 0 Å². The van der Waals surface area contributed by atoms with Gasteiger partial charge in [-0.15, -0.1) is 11.3 Å². The number of aromatic nitrogens is 1. The van der Waals surface area contributed by atoms with E-state index in [0.29, 0.717) is 6.42 Å². The molecule has 1 aromatic heterocycles. The highest BCUT2D eigenvalue weighted by molar-refractivity contribution is 7.09. The van der Waals surface area contributed by atoms with Gasteiger partial charge in [0.2, 0.25) is 5.91 Å². The first kappa shape index (κ1) is 12.0. The fraction of sp³-hybridized carbons (Fsp3) is 0.545. The quantitative estimate of drug-likeness (QED) is 0.846. The Kier molecular flexibility index (Phi) is 2.91. The molecule has 2 rings (SSSR count). The number of carbonyl (C=O) groups excluding carboxylic acids is 1. The standard InChI is InChI=1S/C11H14N2O3S/c1-11(2,10-12-3-4-17-10)13-8(14)6-5-7(6)9(15)16/h3-4,6-7H,5H2,1-2H3,(H,13,14)(H,15,16)/t6-,7+/m1/s1. The van der Waals surface area contributed by atoms with E-state index >= 15 is 0 Å². The van der Waals surface area contributed by atoms with Crippen LogP contribution in [0, 0.1) is 11.8 Å². The minimum Gasteiger partial charge on any atom is -0.481 e. The van der Waals surface area contributed by atoms with Gasteiger partial charge in [0, 0.05) is 11.6 Å². The number of thiazole rings is 1. The number of hydrogen-bond donors (Lipinski definition) is 2. The van der Waals surface area contributed by atoms with E-state index in [1.54, 1.807) is 6.20 Å². The molecule has 1 amide bonds. The van der Waals surface area contributed by atoms with Crippen LogP contribution in [0.5, 0.6) is 0 Å². The molecule has 92 valence electrons. The second-order valence-electron chi connectivity index (χ2n) is 4.74. The molecule has 1 heterocycles. The number of carboxylic acid groups (broad SMARTS) is 1. The van der Waals surface area contributed by atoms with E-state index in [2.05, 4.69) is 10.3 Å². The van der Waals surface area contributed by atoms with Gasteiger partial charge in [-0.2, -0.15) is 0 Å². The van der Waals surface area contributed by atoms with E-state index in [1.807, 2.05) is 19.2 Å². The van der Waals surface area contributed by atoms with Crippen molar-refractivity contribution in [3.05, 3.63) is 16.6 Å². The van der Waals surface area contributed by atoms with Crippen LogP contribution in [0.15, 0.2) is 11.6 Å². The van der Waals surface area contributed by atoms with Crippen molar-refractivity contribution < 1.29 is 14.7 Å². The molecule has 0 unspecified atom stereocenters. The Morgan fingerprint density at radius 2 is 2.24 bits per heavy atom. The number of carbonyl (C=O) groups is 2. The fourth-order valence-electron chi connectivity index (χ4n) is 1.74. The van der Waals surface area contributed by atoms with Crippen molar-refractivity contribution in [2.24, 2.45) is 11.8 Å². The summed E-state index contributed by atoms with van der Waals surface area (Å²) in [6.45, 7) is 3.73. The molecule has 0 spiro atoms. The number of aliphatic carboxylic acids is 1. The van der Waals surface area contributed by atoms with Crippen LogP contribution in [-0.2, 0) is 15.1 Å². The molecule has 2 atom stereocenters. The van der Waals surface area contributed by atoms with Gasteiger partial charge in [0.1, 0.15) is 5.01 Å². The molecular weight excluding hydrogens is 240 g/mol. The summed E-state index contributed by atoms with van der Waals surface area (Å²) in [6, 6.07) is 0. The highest BCUT2D eigenvalue weighted by Gasteiger charge is 2.49. The molecule has 1 aliphatic rings. The van der Waals surface area contributed by atoms with Gasteiger partial charge in [-0.1, -0.05) is 0 Å². The summed E-state index contributed by atoms with van der Waals surface area (Å²) in [4.78, 5) is 26.7. The molecular formula is C11H14N2O3S. The third-order valence-electron chi connectivity index (χ3n) is 2.85. The maximum Gasteiger partial charge on any atom is 0.307 e. The number of carboxylic acids is 1. The molecule has 5 nitrogen and oxygen atoms in total. The van der Waals surface area contributed by atoms with E-state index in [4.69, 9.17) is 5.11 Å². The molecule has 1 aromatic rings. The predicted molar refractivity (Wildman–Crippen MR) is 62.5 cm³/mol. The molecule has 0 radical (unpaired) electrons. The lowest BCUT2D eigenvalue weighted by molar-refractivity contribution is -0.140. The number of amides is 1. The Morgan fingerprint density at radius 1 is 1.53 bits per heavy atom. The average molecular weight is 254 g/mol. The van der Waals surface area contributed by atoms with Crippen LogP contribution >= 0.6 is 11.3 Å². The van der Waals surface area contributed by atoms with E-state index < -0.39 is 17.4 Å². The summed E-state index contributed by atoms with van der Waals surface area (Å²) in [5.74, 6) is -1.98. The fourth-order valence-corrected chi connectivity index (χ4v) is 2.46. The topological polar surface area (TPSA) is 79.3 Å². The summed E-state index contributed by atoms with van der Waals surface area (Å²) in [7, 11) is 0. The molecule has 17 heavy (non-hydrogen) atoms. The van der Waals surface area contributed by atoms with Gasteiger partial charge in [0.05, 0.1) is 17.4 Å². The average Bonchev–Trinajstić information content (AvgIpc) is 2.84. The number of hydrogen-bond acceptors (Lipinski definition) is 4. The Morgan fingerprint density at radius 3 is 2.71 bits per heavy atom. The molecule has 0 aromatic carbocycles. The molecule has 0 aliphatic heterocycles. The summed E-state index contributed by atoms with van der Waals surface area (Å²) in [6.07, 6.45) is 2.13. The normalized spacial score (nSPS) is 23.2. The van der Waals surface area contributed by atoms with Gasteiger partial charge in [0.15, 0.2) is 0 Å². The second kappa shape index (κ2) is 4.10. The largest absolute Gasteiger partial charge is 0.481 e.